The molecule has 6 heteroatoms. The maximum Gasteiger partial charge on any atom is 0.338 e. The van der Waals surface area contributed by atoms with Crippen molar-refractivity contribution in [1.29, 1.82) is 5.26 Å². The van der Waals surface area contributed by atoms with Crippen LogP contribution in [0.5, 0.6) is 5.75 Å². The van der Waals surface area contributed by atoms with E-state index < -0.39 is 11.9 Å². The van der Waals surface area contributed by atoms with Gasteiger partial charge in [-0.25, -0.2) is 4.79 Å². The van der Waals surface area contributed by atoms with Gasteiger partial charge in [-0.3, -0.25) is 0 Å². The quantitative estimate of drug-likeness (QED) is 0.725. The Morgan fingerprint density at radius 2 is 1.87 bits per heavy atom. The normalized spacial score (nSPS) is 16.0. The van der Waals surface area contributed by atoms with Crippen LogP contribution in [0.4, 0.5) is 0 Å². The van der Waals surface area contributed by atoms with Crippen LogP contribution in [-0.2, 0) is 20.9 Å². The number of aryl methyl sites for hydroxylation is 1. The first-order valence-corrected chi connectivity index (χ1v) is 9.69. The Kier molecular flexibility index (Phi) is 6.43. The van der Waals surface area contributed by atoms with Crippen LogP contribution in [0.1, 0.15) is 36.5 Å². The molecule has 2 aromatic carbocycles. The molecule has 1 aliphatic heterocycles. The monoisotopic (exact) mass is 404 g/mol. The standard InChI is InChI=1S/C24H24N2O4/c1-4-28-24(27)21-16(3)30-23(26)19(13-25)22(21)18-7-5-6-8-20(18)29-14-17-11-9-15(2)10-12-17/h5-12,22H,4,14,26H2,1-3H3/t22-/m0/s1. The van der Waals surface area contributed by atoms with Crippen molar-refractivity contribution >= 4 is 5.97 Å². The van der Waals surface area contributed by atoms with E-state index in [1.165, 1.54) is 5.56 Å². The highest BCUT2D eigenvalue weighted by atomic mass is 16.5. The molecule has 0 saturated heterocycles. The highest BCUT2D eigenvalue weighted by Crippen LogP contribution is 2.43. The van der Waals surface area contributed by atoms with Gasteiger partial charge in [-0.05, 0) is 32.4 Å². The summed E-state index contributed by atoms with van der Waals surface area (Å²) in [4.78, 5) is 12.7. The number of nitrogens with zero attached hydrogens (tertiary/aromatic N) is 1. The van der Waals surface area contributed by atoms with E-state index in [-0.39, 0.29) is 23.6 Å². The summed E-state index contributed by atoms with van der Waals surface area (Å²) in [5.74, 6) is -0.449. The molecule has 2 aromatic rings. The van der Waals surface area contributed by atoms with Crippen molar-refractivity contribution in [1.82, 2.24) is 0 Å². The topological polar surface area (TPSA) is 94.6 Å². The van der Waals surface area contributed by atoms with Crippen LogP contribution in [0.3, 0.4) is 0 Å². The molecule has 3 rings (SSSR count). The van der Waals surface area contributed by atoms with Gasteiger partial charge in [0.25, 0.3) is 0 Å². The van der Waals surface area contributed by atoms with Crippen molar-refractivity contribution in [3.8, 4) is 11.8 Å². The van der Waals surface area contributed by atoms with Gasteiger partial charge in [0, 0.05) is 5.56 Å². The fraction of sp³-hybridized carbons (Fsp3) is 0.250. The molecule has 0 aromatic heterocycles. The zero-order valence-electron chi connectivity index (χ0n) is 17.3. The molecule has 2 N–H and O–H groups in total. The van der Waals surface area contributed by atoms with Crippen LogP contribution in [0.25, 0.3) is 0 Å². The number of nitrogens with two attached hydrogens (primary N) is 1. The number of allylic oxidation sites excluding steroid dienone is 2. The Balaban J connectivity index is 2.02. The van der Waals surface area contributed by atoms with Gasteiger partial charge >= 0.3 is 5.97 Å². The van der Waals surface area contributed by atoms with Gasteiger partial charge in [0.2, 0.25) is 5.88 Å². The maximum absolute atomic E-state index is 12.7. The van der Waals surface area contributed by atoms with Crippen LogP contribution in [-0.4, -0.2) is 12.6 Å². The van der Waals surface area contributed by atoms with Crippen molar-refractivity contribution in [3.05, 3.63) is 88.0 Å². The average molecular weight is 404 g/mol. The van der Waals surface area contributed by atoms with Crippen LogP contribution in [0.2, 0.25) is 0 Å². The van der Waals surface area contributed by atoms with Gasteiger partial charge in [-0.1, -0.05) is 48.0 Å². The summed E-state index contributed by atoms with van der Waals surface area (Å²) in [5, 5.41) is 9.75. The smallest absolute Gasteiger partial charge is 0.338 e. The van der Waals surface area contributed by atoms with Crippen molar-refractivity contribution in [3.63, 3.8) is 0 Å². The minimum absolute atomic E-state index is 0.0265. The number of carbonyl (C=O) groups excluding carboxylic acids is 1. The van der Waals surface area contributed by atoms with Gasteiger partial charge in [-0.15, -0.1) is 0 Å². The van der Waals surface area contributed by atoms with E-state index in [1.54, 1.807) is 13.8 Å². The number of rotatable bonds is 6. The van der Waals surface area contributed by atoms with E-state index in [0.717, 1.165) is 5.56 Å². The summed E-state index contributed by atoms with van der Waals surface area (Å²) in [7, 11) is 0. The molecule has 1 aliphatic rings. The molecule has 1 atom stereocenters. The van der Waals surface area contributed by atoms with Gasteiger partial charge < -0.3 is 19.9 Å². The number of para-hydroxylation sites is 1. The number of hydrogen-bond donors (Lipinski definition) is 1. The van der Waals surface area contributed by atoms with Gasteiger partial charge in [0.1, 0.15) is 29.8 Å². The van der Waals surface area contributed by atoms with E-state index in [1.807, 2.05) is 55.5 Å². The maximum atomic E-state index is 12.7. The molecule has 0 saturated carbocycles. The minimum Gasteiger partial charge on any atom is -0.489 e. The van der Waals surface area contributed by atoms with Crippen molar-refractivity contribution in [2.75, 3.05) is 6.61 Å². The lowest BCUT2D eigenvalue weighted by Crippen LogP contribution is -2.26. The molecule has 0 fully saturated rings. The second-order valence-electron chi connectivity index (χ2n) is 6.93. The second kappa shape index (κ2) is 9.19. The van der Waals surface area contributed by atoms with Gasteiger partial charge in [0.05, 0.1) is 18.1 Å². The number of carbonyl (C=O) groups is 1. The molecule has 30 heavy (non-hydrogen) atoms. The van der Waals surface area contributed by atoms with Crippen molar-refractivity contribution in [2.24, 2.45) is 5.73 Å². The highest BCUT2D eigenvalue weighted by Gasteiger charge is 2.37. The third-order valence-electron chi connectivity index (χ3n) is 4.85. The predicted molar refractivity (Wildman–Crippen MR) is 112 cm³/mol. The Morgan fingerprint density at radius 3 is 2.53 bits per heavy atom. The molecule has 154 valence electrons. The number of benzene rings is 2. The van der Waals surface area contributed by atoms with Crippen LogP contribution >= 0.6 is 0 Å². The molecule has 0 spiro atoms. The molecular formula is C24H24N2O4. The summed E-state index contributed by atoms with van der Waals surface area (Å²) in [6.45, 7) is 5.93. The Hall–Kier alpha value is -3.72. The van der Waals surface area contributed by atoms with E-state index in [9.17, 15) is 10.1 Å². The third-order valence-corrected chi connectivity index (χ3v) is 4.85. The molecule has 0 radical (unpaired) electrons. The summed E-state index contributed by atoms with van der Waals surface area (Å²) < 4.78 is 16.8. The van der Waals surface area contributed by atoms with Crippen LogP contribution < -0.4 is 10.5 Å². The van der Waals surface area contributed by atoms with E-state index in [4.69, 9.17) is 19.9 Å². The molecule has 0 aliphatic carbocycles. The summed E-state index contributed by atoms with van der Waals surface area (Å²) in [5.41, 5.74) is 9.20. The first-order valence-electron chi connectivity index (χ1n) is 9.69. The van der Waals surface area contributed by atoms with Crippen LogP contribution in [0.15, 0.2) is 71.3 Å². The number of nitriles is 1. The minimum atomic E-state index is -0.739. The SMILES string of the molecule is CCOC(=O)C1=C(C)OC(N)=C(C#N)[C@@H]1c1ccccc1OCc1ccc(C)cc1. The fourth-order valence-electron chi connectivity index (χ4n) is 3.36. The third kappa shape index (κ3) is 4.31. The second-order valence-corrected chi connectivity index (χ2v) is 6.93. The van der Waals surface area contributed by atoms with Gasteiger partial charge in [0.15, 0.2) is 0 Å². The van der Waals surface area contributed by atoms with Crippen LogP contribution in [0, 0.1) is 18.3 Å². The van der Waals surface area contributed by atoms with Gasteiger partial charge in [-0.2, -0.15) is 5.26 Å². The summed E-state index contributed by atoms with van der Waals surface area (Å²) >= 11 is 0. The first kappa shape index (κ1) is 21.0. The highest BCUT2D eigenvalue weighted by molar-refractivity contribution is 5.92. The van der Waals surface area contributed by atoms with E-state index in [2.05, 4.69) is 6.07 Å². The Labute approximate surface area is 176 Å². The number of ether oxygens (including phenoxy) is 3. The summed E-state index contributed by atoms with van der Waals surface area (Å²) in [6, 6.07) is 17.4. The predicted octanol–water partition coefficient (Wildman–Crippen LogP) is 4.22. The molecule has 1 heterocycles. The molecular weight excluding hydrogens is 380 g/mol. The lowest BCUT2D eigenvalue weighted by atomic mass is 9.82. The van der Waals surface area contributed by atoms with E-state index >= 15 is 0 Å². The fourth-order valence-corrected chi connectivity index (χ4v) is 3.36. The Morgan fingerprint density at radius 1 is 1.17 bits per heavy atom. The van der Waals surface area contributed by atoms with Crippen molar-refractivity contribution in [2.45, 2.75) is 33.3 Å². The Bertz CT molecular complexity index is 1050. The lowest BCUT2D eigenvalue weighted by molar-refractivity contribution is -0.139. The number of esters is 1. The zero-order valence-corrected chi connectivity index (χ0v) is 17.3. The zero-order chi connectivity index (χ0) is 21.7. The number of hydrogen-bond acceptors (Lipinski definition) is 6. The lowest BCUT2D eigenvalue weighted by Gasteiger charge is -2.28. The van der Waals surface area contributed by atoms with Crippen molar-refractivity contribution < 1.29 is 19.0 Å². The van der Waals surface area contributed by atoms with E-state index in [0.29, 0.717) is 23.7 Å². The molecule has 0 amide bonds. The molecule has 0 unspecified atom stereocenters. The summed E-state index contributed by atoms with van der Waals surface area (Å²) in [6.07, 6.45) is 0. The first-order chi connectivity index (χ1) is 14.5. The largest absolute Gasteiger partial charge is 0.489 e. The molecule has 0 bridgehead atoms. The average Bonchev–Trinajstić information content (AvgIpc) is 2.73. The molecule has 6 nitrogen and oxygen atoms in total.